The van der Waals surface area contributed by atoms with E-state index in [9.17, 15) is 4.79 Å². The number of amides is 1. The maximum absolute atomic E-state index is 12.8. The smallest absolute Gasteiger partial charge is 0.226 e. The van der Waals surface area contributed by atoms with Gasteiger partial charge in [-0.2, -0.15) is 0 Å². The summed E-state index contributed by atoms with van der Waals surface area (Å²) in [5.41, 5.74) is 3.74. The summed E-state index contributed by atoms with van der Waals surface area (Å²) in [4.78, 5) is 18.3. The zero-order chi connectivity index (χ0) is 21.1. The molecule has 2 aromatic carbocycles. The van der Waals surface area contributed by atoms with Gasteiger partial charge in [-0.1, -0.05) is 30.3 Å². The summed E-state index contributed by atoms with van der Waals surface area (Å²) in [5, 5.41) is 5.04. The molecule has 1 amide bonds. The zero-order valence-corrected chi connectivity index (χ0v) is 17.9. The Balaban J connectivity index is 1.50. The van der Waals surface area contributed by atoms with E-state index in [2.05, 4.69) is 10.3 Å². The number of benzene rings is 2. The number of hydrogen-bond donors (Lipinski definition) is 1. The Morgan fingerprint density at radius 2 is 1.97 bits per heavy atom. The third-order valence-corrected chi connectivity index (χ3v) is 5.86. The topological polar surface area (TPSA) is 64.9 Å². The fraction of sp³-hybridized carbons (Fsp3) is 0.217. The lowest BCUT2D eigenvalue weighted by Gasteiger charge is -2.18. The van der Waals surface area contributed by atoms with Crippen LogP contribution in [0.15, 0.2) is 60.1 Å². The van der Waals surface area contributed by atoms with Crippen LogP contribution in [-0.2, 0) is 11.2 Å². The highest BCUT2D eigenvalue weighted by Crippen LogP contribution is 2.29. The van der Waals surface area contributed by atoms with E-state index in [1.807, 2.05) is 71.4 Å². The molecule has 0 bridgehead atoms. The van der Waals surface area contributed by atoms with Crippen LogP contribution in [0.4, 0.5) is 0 Å². The van der Waals surface area contributed by atoms with Crippen molar-refractivity contribution in [3.05, 3.63) is 71.4 Å². The van der Waals surface area contributed by atoms with Gasteiger partial charge in [0.2, 0.25) is 5.91 Å². The summed E-state index contributed by atoms with van der Waals surface area (Å²) >= 11 is 1.53. The Morgan fingerprint density at radius 1 is 1.17 bits per heavy atom. The lowest BCUT2D eigenvalue weighted by Crippen LogP contribution is -2.28. The number of fused-ring (bicyclic) bond motifs is 1. The first kappa shape index (κ1) is 20.0. The number of rotatable bonds is 7. The van der Waals surface area contributed by atoms with Crippen molar-refractivity contribution in [2.45, 2.75) is 19.4 Å². The average Bonchev–Trinajstić information content (AvgIpc) is 3.35. The highest BCUT2D eigenvalue weighted by atomic mass is 32.1. The van der Waals surface area contributed by atoms with E-state index >= 15 is 0 Å². The van der Waals surface area contributed by atoms with Gasteiger partial charge in [-0.3, -0.25) is 9.20 Å². The number of thiazole rings is 1. The second-order valence-electron chi connectivity index (χ2n) is 6.95. The van der Waals surface area contributed by atoms with Gasteiger partial charge >= 0.3 is 0 Å². The number of hydrogen-bond acceptors (Lipinski definition) is 5. The number of ether oxygens (including phenoxy) is 2. The van der Waals surface area contributed by atoms with Crippen molar-refractivity contribution < 1.29 is 14.3 Å². The largest absolute Gasteiger partial charge is 0.497 e. The van der Waals surface area contributed by atoms with Crippen LogP contribution in [-0.4, -0.2) is 29.5 Å². The van der Waals surface area contributed by atoms with Crippen LogP contribution >= 0.6 is 11.3 Å². The first-order valence-electron chi connectivity index (χ1n) is 9.61. The Labute approximate surface area is 179 Å². The van der Waals surface area contributed by atoms with E-state index in [0.29, 0.717) is 5.75 Å². The molecule has 0 aliphatic carbocycles. The number of nitrogens with one attached hydrogen (secondary N) is 1. The minimum absolute atomic E-state index is 0.0676. The van der Waals surface area contributed by atoms with Crippen LogP contribution in [0.5, 0.6) is 11.5 Å². The number of aromatic nitrogens is 2. The van der Waals surface area contributed by atoms with Crippen LogP contribution in [0.3, 0.4) is 0 Å². The van der Waals surface area contributed by atoms with Crippen molar-refractivity contribution in [1.82, 2.24) is 14.7 Å². The van der Waals surface area contributed by atoms with Gasteiger partial charge in [0.1, 0.15) is 11.5 Å². The maximum atomic E-state index is 12.8. The van der Waals surface area contributed by atoms with E-state index in [0.717, 1.165) is 33.2 Å². The molecule has 0 saturated carbocycles. The van der Waals surface area contributed by atoms with Crippen molar-refractivity contribution in [1.29, 1.82) is 0 Å². The van der Waals surface area contributed by atoms with Crippen LogP contribution in [0.1, 0.15) is 24.2 Å². The summed E-state index contributed by atoms with van der Waals surface area (Å²) in [6.45, 7) is 1.93. The molecule has 1 atom stereocenters. The molecule has 2 heterocycles. The number of carbonyl (C=O) groups excluding carboxylic acids is 1. The molecule has 0 saturated heterocycles. The fourth-order valence-corrected chi connectivity index (χ4v) is 4.29. The quantitative estimate of drug-likeness (QED) is 0.477. The second-order valence-corrected chi connectivity index (χ2v) is 7.78. The van der Waals surface area contributed by atoms with E-state index in [1.165, 1.54) is 11.3 Å². The van der Waals surface area contributed by atoms with Gasteiger partial charge in [0.05, 0.1) is 32.4 Å². The lowest BCUT2D eigenvalue weighted by molar-refractivity contribution is -0.121. The first-order chi connectivity index (χ1) is 14.6. The molecule has 0 fully saturated rings. The predicted molar refractivity (Wildman–Crippen MR) is 118 cm³/mol. The van der Waals surface area contributed by atoms with Crippen LogP contribution in [0, 0.1) is 0 Å². The van der Waals surface area contributed by atoms with Crippen molar-refractivity contribution >= 4 is 22.2 Å². The van der Waals surface area contributed by atoms with Gasteiger partial charge < -0.3 is 14.8 Å². The number of methoxy groups -OCH3 is 2. The maximum Gasteiger partial charge on any atom is 0.226 e. The van der Waals surface area contributed by atoms with Crippen LogP contribution in [0.25, 0.3) is 16.2 Å². The van der Waals surface area contributed by atoms with Crippen molar-refractivity contribution in [3.8, 4) is 22.8 Å². The molecule has 0 unspecified atom stereocenters. The molecular weight excluding hydrogens is 398 g/mol. The molecular formula is C23H23N3O3S. The molecule has 0 spiro atoms. The molecule has 1 N–H and O–H groups in total. The highest BCUT2D eigenvalue weighted by Gasteiger charge is 2.17. The lowest BCUT2D eigenvalue weighted by atomic mass is 10.1. The molecule has 7 heteroatoms. The molecule has 4 rings (SSSR count). The Hall–Kier alpha value is -3.32. The van der Waals surface area contributed by atoms with E-state index in [-0.39, 0.29) is 18.4 Å². The average molecular weight is 422 g/mol. The third-order valence-electron chi connectivity index (χ3n) is 4.98. The summed E-state index contributed by atoms with van der Waals surface area (Å²) in [7, 11) is 3.23. The van der Waals surface area contributed by atoms with Gasteiger partial charge in [-0.25, -0.2) is 4.98 Å². The van der Waals surface area contributed by atoms with Crippen LogP contribution in [0.2, 0.25) is 0 Å². The highest BCUT2D eigenvalue weighted by molar-refractivity contribution is 7.15. The summed E-state index contributed by atoms with van der Waals surface area (Å²) in [6, 6.07) is 15.4. The number of nitrogens with zero attached hydrogens (tertiary/aromatic N) is 2. The van der Waals surface area contributed by atoms with Gasteiger partial charge in [-0.05, 0) is 25.1 Å². The third kappa shape index (κ3) is 4.02. The molecule has 6 nitrogen and oxygen atoms in total. The summed E-state index contributed by atoms with van der Waals surface area (Å²) in [6.07, 6.45) is 2.25. The number of carbonyl (C=O) groups is 1. The molecule has 0 radical (unpaired) electrons. The fourth-order valence-electron chi connectivity index (χ4n) is 3.42. The molecule has 4 aromatic rings. The van der Waals surface area contributed by atoms with Crippen molar-refractivity contribution in [2.75, 3.05) is 14.2 Å². The second kappa shape index (κ2) is 8.59. The van der Waals surface area contributed by atoms with Crippen molar-refractivity contribution in [3.63, 3.8) is 0 Å². The predicted octanol–water partition coefficient (Wildman–Crippen LogP) is 4.50. The minimum atomic E-state index is -0.223. The first-order valence-corrected chi connectivity index (χ1v) is 10.5. The van der Waals surface area contributed by atoms with Crippen LogP contribution < -0.4 is 14.8 Å². The molecule has 2 aromatic heterocycles. The van der Waals surface area contributed by atoms with Crippen molar-refractivity contribution in [2.24, 2.45) is 0 Å². The monoisotopic (exact) mass is 421 g/mol. The number of imidazole rings is 1. The standard InChI is InChI=1S/C23H23N3O3S/c1-15(19-12-18(28-2)9-10-21(19)29-3)24-22(27)11-17-14-30-23-25-20(13-26(17)23)16-7-5-4-6-8-16/h4-10,12-15H,11H2,1-3H3,(H,24,27)/t15-/m0/s1. The SMILES string of the molecule is COc1ccc(OC)c([C@H](C)NC(=O)Cc2csc3nc(-c4ccccc4)cn23)c1. The minimum Gasteiger partial charge on any atom is -0.497 e. The van der Waals surface area contributed by atoms with Gasteiger partial charge in [0, 0.05) is 28.4 Å². The molecule has 0 aliphatic heterocycles. The Bertz CT molecular complexity index is 1170. The normalized spacial score (nSPS) is 12.0. The molecule has 154 valence electrons. The molecule has 30 heavy (non-hydrogen) atoms. The summed E-state index contributed by atoms with van der Waals surface area (Å²) < 4.78 is 12.7. The van der Waals surface area contributed by atoms with Gasteiger partial charge in [-0.15, -0.1) is 11.3 Å². The summed E-state index contributed by atoms with van der Waals surface area (Å²) in [5.74, 6) is 1.36. The Morgan fingerprint density at radius 3 is 2.70 bits per heavy atom. The van der Waals surface area contributed by atoms with Gasteiger partial charge in [0.25, 0.3) is 0 Å². The zero-order valence-electron chi connectivity index (χ0n) is 17.1. The van der Waals surface area contributed by atoms with E-state index in [1.54, 1.807) is 14.2 Å². The van der Waals surface area contributed by atoms with Gasteiger partial charge in [0.15, 0.2) is 4.96 Å². The van der Waals surface area contributed by atoms with E-state index < -0.39 is 0 Å². The Kier molecular flexibility index (Phi) is 5.72. The van der Waals surface area contributed by atoms with E-state index in [4.69, 9.17) is 9.47 Å². The molecule has 0 aliphatic rings.